The molecule has 2 N–H and O–H groups in total. The summed E-state index contributed by atoms with van der Waals surface area (Å²) in [5.74, 6) is 2.54. The molecule has 2 bridgehead atoms. The number of benzene rings is 1. The first-order valence-electron chi connectivity index (χ1n) is 13.1. The zero-order valence-electron chi connectivity index (χ0n) is 20.8. The molecule has 5 unspecified atom stereocenters. The van der Waals surface area contributed by atoms with Gasteiger partial charge in [-0.15, -0.1) is 0 Å². The number of carbonyl (C=O) groups is 1. The van der Waals surface area contributed by atoms with Crippen molar-refractivity contribution in [3.05, 3.63) is 28.8 Å². The van der Waals surface area contributed by atoms with Crippen LogP contribution in [0.15, 0.2) is 12.1 Å². The van der Waals surface area contributed by atoms with Crippen molar-refractivity contribution in [1.82, 2.24) is 9.80 Å². The topological polar surface area (TPSA) is 49.6 Å². The summed E-state index contributed by atoms with van der Waals surface area (Å²) in [5.41, 5.74) is 6.68. The van der Waals surface area contributed by atoms with Crippen LogP contribution in [0.4, 0.5) is 18.9 Å². The third-order valence-corrected chi connectivity index (χ3v) is 8.39. The summed E-state index contributed by atoms with van der Waals surface area (Å²) in [6.07, 6.45) is 2.88. The summed E-state index contributed by atoms with van der Waals surface area (Å²) < 4.78 is 39.6. The van der Waals surface area contributed by atoms with Crippen molar-refractivity contribution in [2.75, 3.05) is 25.4 Å². The molecule has 2 aliphatic heterocycles. The maximum Gasteiger partial charge on any atom is 0.416 e. The molecule has 0 spiro atoms. The van der Waals surface area contributed by atoms with Gasteiger partial charge >= 0.3 is 6.18 Å². The molecule has 0 aromatic heterocycles. The third kappa shape index (κ3) is 5.24. The average Bonchev–Trinajstić information content (AvgIpc) is 3.37. The van der Waals surface area contributed by atoms with Gasteiger partial charge in [0.15, 0.2) is 0 Å². The molecule has 5 rings (SSSR count). The number of likely N-dealkylation sites (tertiary alicyclic amines) is 1. The second-order valence-electron chi connectivity index (χ2n) is 11.1. The van der Waals surface area contributed by atoms with E-state index in [0.29, 0.717) is 24.6 Å². The summed E-state index contributed by atoms with van der Waals surface area (Å²) in [4.78, 5) is 17.6. The van der Waals surface area contributed by atoms with Crippen LogP contribution >= 0.6 is 0 Å². The van der Waals surface area contributed by atoms with Crippen molar-refractivity contribution in [2.24, 2.45) is 23.7 Å². The fourth-order valence-corrected chi connectivity index (χ4v) is 6.74. The molecule has 2 aliphatic carbocycles. The van der Waals surface area contributed by atoms with E-state index in [1.54, 1.807) is 4.90 Å². The first-order valence-corrected chi connectivity index (χ1v) is 13.1. The van der Waals surface area contributed by atoms with Crippen LogP contribution in [0.1, 0.15) is 76.0 Å². The van der Waals surface area contributed by atoms with Gasteiger partial charge in [0.05, 0.1) is 5.56 Å². The van der Waals surface area contributed by atoms with E-state index in [0.717, 1.165) is 48.6 Å². The van der Waals surface area contributed by atoms with Gasteiger partial charge in [-0.05, 0) is 79.5 Å². The summed E-state index contributed by atoms with van der Waals surface area (Å²) in [5, 5.41) is 0. The molecular weight excluding hydrogens is 439 g/mol. The van der Waals surface area contributed by atoms with Gasteiger partial charge in [0.25, 0.3) is 0 Å². The molecule has 34 heavy (non-hydrogen) atoms. The lowest BCUT2D eigenvalue weighted by Gasteiger charge is -2.37. The highest BCUT2D eigenvalue weighted by atomic mass is 19.4. The molecule has 0 radical (unpaired) electrons. The van der Waals surface area contributed by atoms with Gasteiger partial charge in [0, 0.05) is 43.8 Å². The van der Waals surface area contributed by atoms with E-state index in [1.807, 2.05) is 0 Å². The molecule has 4 nitrogen and oxygen atoms in total. The number of amides is 1. The zero-order chi connectivity index (χ0) is 24.6. The predicted molar refractivity (Wildman–Crippen MR) is 129 cm³/mol. The minimum Gasteiger partial charge on any atom is -0.398 e. The number of nitrogens with zero attached hydrogens (tertiary/aromatic N) is 2. The van der Waals surface area contributed by atoms with Crippen LogP contribution in [-0.2, 0) is 23.9 Å². The molecule has 5 atom stereocenters. The number of hydrogen-bond acceptors (Lipinski definition) is 3. The Hall–Kier alpha value is -1.76. The van der Waals surface area contributed by atoms with Crippen LogP contribution in [-0.4, -0.2) is 41.4 Å². The Morgan fingerprint density at radius 2 is 1.85 bits per heavy atom. The highest BCUT2D eigenvalue weighted by Gasteiger charge is 2.43. The van der Waals surface area contributed by atoms with E-state index in [1.165, 1.54) is 38.4 Å². The minimum absolute atomic E-state index is 0.00769. The lowest BCUT2D eigenvalue weighted by atomic mass is 9.93. The van der Waals surface area contributed by atoms with Crippen molar-refractivity contribution in [3.63, 3.8) is 0 Å². The molecule has 2 heterocycles. The van der Waals surface area contributed by atoms with Crippen molar-refractivity contribution in [1.29, 1.82) is 0 Å². The first-order chi connectivity index (χ1) is 16.1. The normalized spacial score (nSPS) is 31.1. The second-order valence-corrected chi connectivity index (χ2v) is 11.1. The van der Waals surface area contributed by atoms with Crippen LogP contribution in [0.3, 0.4) is 0 Å². The number of halogens is 3. The summed E-state index contributed by atoms with van der Waals surface area (Å²) in [6, 6.07) is 2.67. The predicted octanol–water partition coefficient (Wildman–Crippen LogP) is 5.74. The molecule has 1 amide bonds. The molecule has 1 aromatic carbocycles. The number of fused-ring (bicyclic) bond motifs is 3. The Morgan fingerprint density at radius 3 is 2.53 bits per heavy atom. The Labute approximate surface area is 202 Å². The van der Waals surface area contributed by atoms with E-state index in [4.69, 9.17) is 5.73 Å². The Morgan fingerprint density at radius 1 is 1.12 bits per heavy atom. The van der Waals surface area contributed by atoms with Crippen LogP contribution in [0, 0.1) is 23.7 Å². The van der Waals surface area contributed by atoms with Gasteiger partial charge in [0.1, 0.15) is 0 Å². The lowest BCUT2D eigenvalue weighted by molar-refractivity contribution is -0.137. The van der Waals surface area contributed by atoms with E-state index >= 15 is 0 Å². The Bertz CT molecular complexity index is 885. The van der Waals surface area contributed by atoms with Gasteiger partial charge in [0.2, 0.25) is 5.91 Å². The van der Waals surface area contributed by atoms with Gasteiger partial charge in [-0.3, -0.25) is 9.69 Å². The van der Waals surface area contributed by atoms with E-state index in [-0.39, 0.29) is 24.1 Å². The molecule has 190 valence electrons. The SMILES string of the molecule is CC1CC2CC1CN(C1CCC(C(=O)N3CCc4c(N)cc(C(F)(F)F)cc4C3)C1)C2.CCC. The highest BCUT2D eigenvalue weighted by Crippen LogP contribution is 2.44. The fourth-order valence-electron chi connectivity index (χ4n) is 6.74. The number of anilines is 1. The van der Waals surface area contributed by atoms with Crippen LogP contribution in [0.5, 0.6) is 0 Å². The molecule has 7 heteroatoms. The minimum atomic E-state index is -4.43. The Kier molecular flexibility index (Phi) is 7.51. The van der Waals surface area contributed by atoms with Gasteiger partial charge < -0.3 is 10.6 Å². The monoisotopic (exact) mass is 479 g/mol. The number of hydrogen-bond donors (Lipinski definition) is 1. The number of nitrogens with two attached hydrogens (primary N) is 1. The van der Waals surface area contributed by atoms with Gasteiger partial charge in [-0.1, -0.05) is 27.2 Å². The number of carbonyl (C=O) groups excluding carboxylic acids is 1. The number of alkyl halides is 3. The zero-order valence-corrected chi connectivity index (χ0v) is 20.8. The molecule has 2 saturated carbocycles. The van der Waals surface area contributed by atoms with Crippen molar-refractivity contribution in [2.45, 2.75) is 84.5 Å². The van der Waals surface area contributed by atoms with E-state index in [2.05, 4.69) is 25.7 Å². The molecule has 3 fully saturated rings. The van der Waals surface area contributed by atoms with Crippen LogP contribution in [0.25, 0.3) is 0 Å². The van der Waals surface area contributed by atoms with Gasteiger partial charge in [-0.25, -0.2) is 0 Å². The first kappa shape index (κ1) is 25.3. The number of nitrogen functional groups attached to an aromatic ring is 1. The summed E-state index contributed by atoms with van der Waals surface area (Å²) in [7, 11) is 0. The molecule has 1 saturated heterocycles. The summed E-state index contributed by atoms with van der Waals surface area (Å²) >= 11 is 0. The smallest absolute Gasteiger partial charge is 0.398 e. The van der Waals surface area contributed by atoms with Crippen molar-refractivity contribution < 1.29 is 18.0 Å². The van der Waals surface area contributed by atoms with E-state index in [9.17, 15) is 18.0 Å². The second kappa shape index (κ2) is 10.1. The molecule has 4 aliphatic rings. The van der Waals surface area contributed by atoms with Crippen molar-refractivity contribution in [3.8, 4) is 0 Å². The van der Waals surface area contributed by atoms with Crippen LogP contribution < -0.4 is 5.73 Å². The van der Waals surface area contributed by atoms with E-state index < -0.39 is 11.7 Å². The number of rotatable bonds is 2. The average molecular weight is 480 g/mol. The Balaban J connectivity index is 0.000000868. The standard InChI is InChI=1S/C24H32F3N3O.C3H8/c1-14-6-15-7-17(14)12-30(11-15)20-3-2-16(9-20)23(31)29-5-4-21-18(13-29)8-19(10-22(21)28)24(25,26)27;1-3-2/h8,10,14-17,20H,2-7,9,11-13,28H2,1H3;3H2,1-2H3. The largest absolute Gasteiger partial charge is 0.416 e. The maximum absolute atomic E-state index is 13.3. The van der Waals surface area contributed by atoms with Crippen LogP contribution in [0.2, 0.25) is 0 Å². The molecule has 1 aromatic rings. The lowest BCUT2D eigenvalue weighted by Crippen LogP contribution is -2.44. The third-order valence-electron chi connectivity index (χ3n) is 8.39. The fraction of sp³-hybridized carbons (Fsp3) is 0.741. The highest BCUT2D eigenvalue weighted by molar-refractivity contribution is 5.79. The maximum atomic E-state index is 13.3. The summed E-state index contributed by atoms with van der Waals surface area (Å²) in [6.45, 7) is 9.73. The molecular formula is C27H40F3N3O. The quantitative estimate of drug-likeness (QED) is 0.551. The van der Waals surface area contributed by atoms with Gasteiger partial charge in [-0.2, -0.15) is 13.2 Å². The van der Waals surface area contributed by atoms with Crippen molar-refractivity contribution >= 4 is 11.6 Å². The number of piperidine rings is 1.